The van der Waals surface area contributed by atoms with Crippen LogP contribution in [-0.4, -0.2) is 38.4 Å². The van der Waals surface area contributed by atoms with Gasteiger partial charge in [0.25, 0.3) is 5.89 Å². The molecule has 2 N–H and O–H groups in total. The van der Waals surface area contributed by atoms with Crippen LogP contribution in [0.3, 0.4) is 0 Å². The number of nitrogens with two attached hydrogens (primary N) is 1. The maximum atomic E-state index is 10.6. The largest absolute Gasteiger partial charge is 0.368 e. The van der Waals surface area contributed by atoms with Crippen LogP contribution in [0.1, 0.15) is 10.7 Å². The fraction of sp³-hybridized carbons (Fsp3) is 0.0769. The van der Waals surface area contributed by atoms with Gasteiger partial charge in [-0.3, -0.25) is 4.79 Å². The Labute approximate surface area is 124 Å². The summed E-state index contributed by atoms with van der Waals surface area (Å²) in [5.41, 5.74) is 6.58. The second kappa shape index (κ2) is 5.56. The lowest BCUT2D eigenvalue weighted by molar-refractivity contribution is 0.108. The minimum absolute atomic E-state index is 0.0141. The molecule has 0 spiro atoms. The number of anilines is 3. The van der Waals surface area contributed by atoms with Gasteiger partial charge in [0.2, 0.25) is 29.8 Å². The number of para-hydroxylation sites is 1. The van der Waals surface area contributed by atoms with E-state index >= 15 is 0 Å². The van der Waals surface area contributed by atoms with Gasteiger partial charge in [0.05, 0.1) is 0 Å². The zero-order valence-electron chi connectivity index (χ0n) is 11.5. The van der Waals surface area contributed by atoms with Gasteiger partial charge in [-0.1, -0.05) is 23.4 Å². The Morgan fingerprint density at radius 3 is 2.55 bits per heavy atom. The van der Waals surface area contributed by atoms with Gasteiger partial charge >= 0.3 is 0 Å². The molecule has 9 nitrogen and oxygen atoms in total. The standard InChI is InChI=1S/C13H11N7O2/c1-20(8-5-3-2-4-6-8)13-17-10(16-12(14)18-13)11-15-9(7-21)22-19-11/h2-7H,1H3,(H2,14,16,17,18). The number of rotatable bonds is 4. The summed E-state index contributed by atoms with van der Waals surface area (Å²) in [6.07, 6.45) is 0.443. The Hall–Kier alpha value is -3.36. The summed E-state index contributed by atoms with van der Waals surface area (Å²) in [6, 6.07) is 9.50. The van der Waals surface area contributed by atoms with Gasteiger partial charge in [0, 0.05) is 12.7 Å². The molecule has 0 aliphatic carbocycles. The van der Waals surface area contributed by atoms with E-state index in [4.69, 9.17) is 10.3 Å². The van der Waals surface area contributed by atoms with Crippen LogP contribution >= 0.6 is 0 Å². The molecule has 0 unspecified atom stereocenters. The Kier molecular flexibility index (Phi) is 3.44. The van der Waals surface area contributed by atoms with E-state index in [1.807, 2.05) is 30.3 Å². The van der Waals surface area contributed by atoms with Crippen LogP contribution in [0.2, 0.25) is 0 Å². The van der Waals surface area contributed by atoms with Crippen LogP contribution < -0.4 is 10.6 Å². The lowest BCUT2D eigenvalue weighted by Gasteiger charge is -2.17. The van der Waals surface area contributed by atoms with Crippen LogP contribution in [0.5, 0.6) is 0 Å². The molecule has 0 bridgehead atoms. The van der Waals surface area contributed by atoms with Gasteiger partial charge in [0.15, 0.2) is 0 Å². The monoisotopic (exact) mass is 297 g/mol. The number of aldehydes is 1. The topological polar surface area (TPSA) is 124 Å². The lowest BCUT2D eigenvalue weighted by Crippen LogP contribution is -2.15. The summed E-state index contributed by atoms with van der Waals surface area (Å²) >= 11 is 0. The number of carbonyl (C=O) groups excluding carboxylic acids is 1. The Balaban J connectivity index is 2.01. The van der Waals surface area contributed by atoms with Gasteiger partial charge in [-0.15, -0.1) is 0 Å². The highest BCUT2D eigenvalue weighted by molar-refractivity contribution is 5.68. The van der Waals surface area contributed by atoms with E-state index in [1.165, 1.54) is 0 Å². The molecule has 1 aromatic carbocycles. The molecule has 0 amide bonds. The molecule has 0 fully saturated rings. The average molecular weight is 297 g/mol. The molecule has 0 atom stereocenters. The predicted molar refractivity (Wildman–Crippen MR) is 77.4 cm³/mol. The van der Waals surface area contributed by atoms with Gasteiger partial charge in [-0.05, 0) is 12.1 Å². The van der Waals surface area contributed by atoms with Gasteiger partial charge in [0.1, 0.15) is 0 Å². The molecule has 0 saturated heterocycles. The van der Waals surface area contributed by atoms with Gasteiger partial charge < -0.3 is 15.2 Å². The van der Waals surface area contributed by atoms with Crippen molar-refractivity contribution in [3.05, 3.63) is 36.2 Å². The summed E-state index contributed by atoms with van der Waals surface area (Å²) in [7, 11) is 1.79. The molecule has 2 aromatic heterocycles. The summed E-state index contributed by atoms with van der Waals surface area (Å²) in [4.78, 5) is 28.5. The van der Waals surface area contributed by atoms with Crippen molar-refractivity contribution >= 4 is 23.9 Å². The molecule has 3 aromatic rings. The third kappa shape index (κ3) is 2.59. The van der Waals surface area contributed by atoms with Crippen molar-refractivity contribution in [3.63, 3.8) is 0 Å². The lowest BCUT2D eigenvalue weighted by atomic mass is 10.3. The van der Waals surface area contributed by atoms with Crippen LogP contribution in [0.4, 0.5) is 17.6 Å². The molecule has 3 rings (SSSR count). The maximum Gasteiger partial charge on any atom is 0.291 e. The number of carbonyl (C=O) groups is 1. The van der Waals surface area contributed by atoms with Crippen molar-refractivity contribution in [1.82, 2.24) is 25.1 Å². The number of benzene rings is 1. The number of aromatic nitrogens is 5. The van der Waals surface area contributed by atoms with Crippen LogP contribution in [0, 0.1) is 0 Å². The van der Waals surface area contributed by atoms with Crippen LogP contribution in [0.15, 0.2) is 34.9 Å². The second-order valence-corrected chi connectivity index (χ2v) is 4.29. The first-order chi connectivity index (χ1) is 10.7. The Morgan fingerprint density at radius 1 is 1.09 bits per heavy atom. The molecule has 0 radical (unpaired) electrons. The smallest absolute Gasteiger partial charge is 0.291 e. The molecule has 22 heavy (non-hydrogen) atoms. The fourth-order valence-electron chi connectivity index (χ4n) is 1.77. The molecule has 9 heteroatoms. The van der Waals surface area contributed by atoms with Gasteiger partial charge in [-0.2, -0.15) is 19.9 Å². The van der Waals surface area contributed by atoms with Gasteiger partial charge in [-0.25, -0.2) is 0 Å². The first kappa shape index (κ1) is 13.6. The van der Waals surface area contributed by atoms with E-state index in [1.54, 1.807) is 11.9 Å². The van der Waals surface area contributed by atoms with Crippen molar-refractivity contribution in [3.8, 4) is 11.6 Å². The molecule has 0 aliphatic heterocycles. The normalized spacial score (nSPS) is 10.4. The molecular weight excluding hydrogens is 286 g/mol. The van der Waals surface area contributed by atoms with Crippen LogP contribution in [0.25, 0.3) is 11.6 Å². The first-order valence-electron chi connectivity index (χ1n) is 6.27. The fourth-order valence-corrected chi connectivity index (χ4v) is 1.77. The van der Waals surface area contributed by atoms with Crippen molar-refractivity contribution in [2.45, 2.75) is 0 Å². The first-order valence-corrected chi connectivity index (χ1v) is 6.27. The molecule has 2 heterocycles. The van der Waals surface area contributed by atoms with E-state index in [0.717, 1.165) is 5.69 Å². The summed E-state index contributed by atoms with van der Waals surface area (Å²) in [5.74, 6) is 0.374. The van der Waals surface area contributed by atoms with E-state index < -0.39 is 0 Å². The Morgan fingerprint density at radius 2 is 1.86 bits per heavy atom. The van der Waals surface area contributed by atoms with E-state index in [2.05, 4.69) is 25.1 Å². The molecule has 0 saturated carbocycles. The number of hydrogen-bond donors (Lipinski definition) is 1. The summed E-state index contributed by atoms with van der Waals surface area (Å²) in [6.45, 7) is 0. The van der Waals surface area contributed by atoms with E-state index in [-0.39, 0.29) is 23.5 Å². The zero-order chi connectivity index (χ0) is 15.5. The summed E-state index contributed by atoms with van der Waals surface area (Å²) < 4.78 is 4.71. The highest BCUT2D eigenvalue weighted by Crippen LogP contribution is 2.21. The summed E-state index contributed by atoms with van der Waals surface area (Å²) in [5, 5.41) is 3.63. The van der Waals surface area contributed by atoms with E-state index in [0.29, 0.717) is 12.2 Å². The minimum atomic E-state index is -0.160. The minimum Gasteiger partial charge on any atom is -0.368 e. The molecule has 110 valence electrons. The Bertz CT molecular complexity index is 803. The SMILES string of the molecule is CN(c1ccccc1)c1nc(N)nc(-c2noc(C=O)n2)n1. The third-order valence-electron chi connectivity index (χ3n) is 2.83. The van der Waals surface area contributed by atoms with Crippen molar-refractivity contribution < 1.29 is 9.32 Å². The predicted octanol–water partition coefficient (Wildman–Crippen LogP) is 1.08. The number of hydrogen-bond acceptors (Lipinski definition) is 9. The number of nitrogens with zero attached hydrogens (tertiary/aromatic N) is 6. The zero-order valence-corrected chi connectivity index (χ0v) is 11.5. The molecule has 0 aliphatic rings. The third-order valence-corrected chi connectivity index (χ3v) is 2.83. The highest BCUT2D eigenvalue weighted by Gasteiger charge is 2.16. The van der Waals surface area contributed by atoms with Crippen LogP contribution in [-0.2, 0) is 0 Å². The maximum absolute atomic E-state index is 10.6. The molecular formula is C13H11N7O2. The quantitative estimate of drug-likeness (QED) is 0.704. The average Bonchev–Trinajstić information content (AvgIpc) is 3.03. The highest BCUT2D eigenvalue weighted by atomic mass is 16.5. The van der Waals surface area contributed by atoms with Crippen molar-refractivity contribution in [1.29, 1.82) is 0 Å². The number of nitrogen functional groups attached to an aromatic ring is 1. The second-order valence-electron chi connectivity index (χ2n) is 4.29. The van der Waals surface area contributed by atoms with Crippen molar-refractivity contribution in [2.75, 3.05) is 17.7 Å². The van der Waals surface area contributed by atoms with E-state index in [9.17, 15) is 4.79 Å². The van der Waals surface area contributed by atoms with Crippen molar-refractivity contribution in [2.24, 2.45) is 0 Å².